The van der Waals surface area contributed by atoms with Crippen LogP contribution >= 0.6 is 11.6 Å². The Hall–Kier alpha value is -3.51. The van der Waals surface area contributed by atoms with Crippen LogP contribution in [0.5, 0.6) is 11.6 Å². The van der Waals surface area contributed by atoms with Crippen LogP contribution in [0, 0.1) is 11.3 Å². The highest BCUT2D eigenvalue weighted by Crippen LogP contribution is 2.23. The number of tetrazole rings is 1. The molecule has 0 radical (unpaired) electrons. The molecule has 0 saturated heterocycles. The highest BCUT2D eigenvalue weighted by molar-refractivity contribution is 6.29. The lowest BCUT2D eigenvalue weighted by atomic mass is 10.2. The molecule has 0 aliphatic heterocycles. The summed E-state index contributed by atoms with van der Waals surface area (Å²) >= 11 is 5.68. The SMILES string of the molecule is N#CC(=CNc1cccc(Oc2ccc(Cl)nn2)c1)c1nn[nH]n1. The van der Waals surface area contributed by atoms with Crippen LogP contribution in [-0.4, -0.2) is 30.8 Å². The molecule has 118 valence electrons. The second kappa shape index (κ2) is 7.17. The number of ether oxygens (including phenoxy) is 1. The Morgan fingerprint density at radius 2 is 2.17 bits per heavy atom. The number of nitriles is 1. The van der Waals surface area contributed by atoms with Gasteiger partial charge < -0.3 is 10.1 Å². The largest absolute Gasteiger partial charge is 0.437 e. The van der Waals surface area contributed by atoms with E-state index in [1.165, 1.54) is 6.20 Å². The molecule has 0 bridgehead atoms. The van der Waals surface area contributed by atoms with Crippen LogP contribution in [0.2, 0.25) is 5.15 Å². The molecule has 1 aromatic carbocycles. The number of hydrogen-bond donors (Lipinski definition) is 2. The van der Waals surface area contributed by atoms with Crippen molar-refractivity contribution >= 4 is 22.9 Å². The van der Waals surface area contributed by atoms with Gasteiger partial charge >= 0.3 is 0 Å². The van der Waals surface area contributed by atoms with Gasteiger partial charge in [-0.05, 0) is 23.4 Å². The number of nitrogens with one attached hydrogen (secondary N) is 2. The second-order valence-corrected chi connectivity index (χ2v) is 4.76. The first-order valence-electron chi connectivity index (χ1n) is 6.62. The minimum atomic E-state index is 0.203. The Balaban J connectivity index is 1.73. The predicted molar refractivity (Wildman–Crippen MR) is 84.9 cm³/mol. The number of anilines is 1. The molecule has 0 saturated carbocycles. The Labute approximate surface area is 140 Å². The maximum atomic E-state index is 9.12. The fraction of sp³-hybridized carbons (Fsp3) is 0. The van der Waals surface area contributed by atoms with Gasteiger partial charge in [-0.1, -0.05) is 17.7 Å². The summed E-state index contributed by atoms with van der Waals surface area (Å²) in [6.07, 6.45) is 1.48. The van der Waals surface area contributed by atoms with Crippen molar-refractivity contribution in [3.05, 3.63) is 53.6 Å². The first kappa shape index (κ1) is 15.4. The molecule has 0 fully saturated rings. The van der Waals surface area contributed by atoms with Crippen molar-refractivity contribution in [1.82, 2.24) is 30.8 Å². The van der Waals surface area contributed by atoms with Gasteiger partial charge in [0.25, 0.3) is 0 Å². The molecule has 3 rings (SSSR count). The zero-order valence-corrected chi connectivity index (χ0v) is 12.8. The van der Waals surface area contributed by atoms with Crippen molar-refractivity contribution in [2.24, 2.45) is 0 Å². The van der Waals surface area contributed by atoms with E-state index in [1.54, 1.807) is 30.3 Å². The lowest BCUT2D eigenvalue weighted by Gasteiger charge is -2.06. The number of hydrogen-bond acceptors (Lipinski definition) is 8. The van der Waals surface area contributed by atoms with Gasteiger partial charge in [0.2, 0.25) is 11.7 Å². The molecular formula is C14H9ClN8O. The maximum Gasteiger partial charge on any atom is 0.238 e. The molecule has 0 atom stereocenters. The van der Waals surface area contributed by atoms with E-state index in [9.17, 15) is 0 Å². The van der Waals surface area contributed by atoms with E-state index in [1.807, 2.05) is 12.1 Å². The van der Waals surface area contributed by atoms with E-state index in [-0.39, 0.29) is 16.6 Å². The van der Waals surface area contributed by atoms with Crippen LogP contribution in [0.15, 0.2) is 42.6 Å². The summed E-state index contributed by atoms with van der Waals surface area (Å²) in [5, 5.41) is 33.1. The third-order valence-electron chi connectivity index (χ3n) is 2.75. The van der Waals surface area contributed by atoms with Gasteiger partial charge in [-0.3, -0.25) is 0 Å². The quantitative estimate of drug-likeness (QED) is 0.678. The van der Waals surface area contributed by atoms with E-state index < -0.39 is 0 Å². The Bertz CT molecular complexity index is 886. The van der Waals surface area contributed by atoms with Crippen LogP contribution in [0.1, 0.15) is 5.82 Å². The van der Waals surface area contributed by atoms with Gasteiger partial charge in [-0.15, -0.1) is 20.4 Å². The minimum absolute atomic E-state index is 0.203. The van der Waals surface area contributed by atoms with E-state index >= 15 is 0 Å². The third kappa shape index (κ3) is 3.82. The standard InChI is InChI=1S/C14H9ClN8O/c15-12-4-5-13(19-18-12)24-11-3-1-2-10(6-11)17-8-9(7-16)14-20-22-23-21-14/h1-6,8,17H,(H,20,21,22,23). The number of nitrogens with zero attached hydrogens (tertiary/aromatic N) is 6. The van der Waals surface area contributed by atoms with Crippen LogP contribution in [0.3, 0.4) is 0 Å². The molecule has 3 aromatic rings. The number of H-pyrrole nitrogens is 1. The van der Waals surface area contributed by atoms with Crippen molar-refractivity contribution in [3.8, 4) is 17.7 Å². The first-order valence-corrected chi connectivity index (χ1v) is 7.00. The molecule has 10 heteroatoms. The average molecular weight is 341 g/mol. The van der Waals surface area contributed by atoms with Crippen molar-refractivity contribution in [1.29, 1.82) is 5.26 Å². The van der Waals surface area contributed by atoms with Gasteiger partial charge in [0.05, 0.1) is 0 Å². The Kier molecular flexibility index (Phi) is 4.60. The van der Waals surface area contributed by atoms with E-state index in [4.69, 9.17) is 21.6 Å². The predicted octanol–water partition coefficient (Wildman–Crippen LogP) is 2.41. The molecule has 2 aromatic heterocycles. The smallest absolute Gasteiger partial charge is 0.238 e. The van der Waals surface area contributed by atoms with Crippen molar-refractivity contribution in [3.63, 3.8) is 0 Å². The minimum Gasteiger partial charge on any atom is -0.437 e. The lowest BCUT2D eigenvalue weighted by Crippen LogP contribution is -1.94. The zero-order chi connectivity index (χ0) is 16.8. The first-order chi connectivity index (χ1) is 11.7. The second-order valence-electron chi connectivity index (χ2n) is 4.37. The summed E-state index contributed by atoms with van der Waals surface area (Å²) in [7, 11) is 0. The number of aromatic amines is 1. The van der Waals surface area contributed by atoms with Gasteiger partial charge in [0.1, 0.15) is 17.4 Å². The van der Waals surface area contributed by atoms with Gasteiger partial charge in [0, 0.05) is 24.0 Å². The van der Waals surface area contributed by atoms with E-state index in [2.05, 4.69) is 36.1 Å². The molecule has 0 amide bonds. The van der Waals surface area contributed by atoms with Crippen LogP contribution in [-0.2, 0) is 0 Å². The summed E-state index contributed by atoms with van der Waals surface area (Å²) in [5.74, 6) is 1.06. The van der Waals surface area contributed by atoms with Crippen molar-refractivity contribution < 1.29 is 4.74 Å². The summed E-state index contributed by atoms with van der Waals surface area (Å²) in [4.78, 5) is 0. The van der Waals surface area contributed by atoms with E-state index in [0.717, 1.165) is 0 Å². The van der Waals surface area contributed by atoms with Gasteiger partial charge in [-0.2, -0.15) is 10.5 Å². The highest BCUT2D eigenvalue weighted by atomic mass is 35.5. The molecule has 24 heavy (non-hydrogen) atoms. The van der Waals surface area contributed by atoms with E-state index in [0.29, 0.717) is 17.3 Å². The summed E-state index contributed by atoms with van der Waals surface area (Å²) in [5.41, 5.74) is 0.935. The van der Waals surface area contributed by atoms with Crippen LogP contribution in [0.4, 0.5) is 5.69 Å². The zero-order valence-electron chi connectivity index (χ0n) is 12.0. The topological polar surface area (TPSA) is 125 Å². The number of rotatable bonds is 5. The van der Waals surface area contributed by atoms with Crippen LogP contribution in [0.25, 0.3) is 5.57 Å². The molecule has 2 N–H and O–H groups in total. The summed E-state index contributed by atoms with van der Waals surface area (Å²) in [6, 6.07) is 12.3. The summed E-state index contributed by atoms with van der Waals surface area (Å²) < 4.78 is 5.58. The summed E-state index contributed by atoms with van der Waals surface area (Å²) in [6.45, 7) is 0. The molecule has 0 unspecified atom stereocenters. The molecule has 0 spiro atoms. The lowest BCUT2D eigenvalue weighted by molar-refractivity contribution is 0.455. The number of aromatic nitrogens is 6. The molecule has 2 heterocycles. The number of halogens is 1. The molecular weight excluding hydrogens is 332 g/mol. The highest BCUT2D eigenvalue weighted by Gasteiger charge is 2.06. The molecule has 9 nitrogen and oxygen atoms in total. The van der Waals surface area contributed by atoms with Crippen molar-refractivity contribution in [2.75, 3.05) is 5.32 Å². The number of benzene rings is 1. The van der Waals surface area contributed by atoms with Crippen molar-refractivity contribution in [2.45, 2.75) is 0 Å². The Morgan fingerprint density at radius 3 is 2.88 bits per heavy atom. The maximum absolute atomic E-state index is 9.12. The fourth-order valence-electron chi connectivity index (χ4n) is 1.71. The fourth-order valence-corrected chi connectivity index (χ4v) is 1.81. The normalized spacial score (nSPS) is 10.9. The molecule has 0 aliphatic carbocycles. The number of allylic oxidation sites excluding steroid dienone is 1. The molecule has 0 aliphatic rings. The monoisotopic (exact) mass is 340 g/mol. The van der Waals surface area contributed by atoms with Crippen LogP contribution < -0.4 is 10.1 Å². The van der Waals surface area contributed by atoms with Gasteiger partial charge in [-0.25, -0.2) is 0 Å². The Morgan fingerprint density at radius 1 is 1.25 bits per heavy atom. The third-order valence-corrected chi connectivity index (χ3v) is 2.96. The average Bonchev–Trinajstić information content (AvgIpc) is 3.12. The van der Waals surface area contributed by atoms with Gasteiger partial charge in [0.15, 0.2) is 5.15 Å².